The second-order valence-electron chi connectivity index (χ2n) is 5.03. The van der Waals surface area contributed by atoms with Crippen molar-refractivity contribution in [2.45, 2.75) is 13.1 Å². The molecule has 3 rings (SSSR count). The average molecular weight is 270 g/mol. The van der Waals surface area contributed by atoms with Crippen molar-refractivity contribution < 1.29 is 0 Å². The fourth-order valence-corrected chi connectivity index (χ4v) is 2.28. The van der Waals surface area contributed by atoms with E-state index in [0.717, 1.165) is 13.1 Å². The van der Waals surface area contributed by atoms with Gasteiger partial charge in [-0.25, -0.2) is 0 Å². The van der Waals surface area contributed by atoms with E-state index in [1.54, 1.807) is 0 Å². The monoisotopic (exact) mass is 270 g/mol. The molecular formula is C14H18N6. The van der Waals surface area contributed by atoms with E-state index in [4.69, 9.17) is 0 Å². The van der Waals surface area contributed by atoms with E-state index in [1.807, 2.05) is 26.0 Å². The van der Waals surface area contributed by atoms with Gasteiger partial charge in [-0.05, 0) is 11.1 Å². The molecule has 0 atom stereocenters. The SMILES string of the molecule is CNc1nc(N(C)C)nc(N2Cc3ccccc3C2)n1. The lowest BCUT2D eigenvalue weighted by Gasteiger charge is -2.18. The van der Waals surface area contributed by atoms with Crippen molar-refractivity contribution in [3.63, 3.8) is 0 Å². The molecule has 0 aliphatic carbocycles. The Bertz CT molecular complexity index is 600. The minimum Gasteiger partial charge on any atom is -0.357 e. The summed E-state index contributed by atoms with van der Waals surface area (Å²) in [5, 5.41) is 2.99. The van der Waals surface area contributed by atoms with Gasteiger partial charge in [-0.15, -0.1) is 0 Å². The molecule has 1 N–H and O–H groups in total. The van der Waals surface area contributed by atoms with Crippen LogP contribution in [0.25, 0.3) is 0 Å². The quantitative estimate of drug-likeness (QED) is 0.912. The number of fused-ring (bicyclic) bond motifs is 1. The molecule has 0 fully saturated rings. The lowest BCUT2D eigenvalue weighted by Crippen LogP contribution is -2.21. The first-order valence-electron chi connectivity index (χ1n) is 6.60. The Balaban J connectivity index is 1.94. The first-order valence-corrected chi connectivity index (χ1v) is 6.60. The van der Waals surface area contributed by atoms with Crippen LogP contribution in [-0.2, 0) is 13.1 Å². The molecule has 1 aliphatic heterocycles. The molecule has 1 aromatic carbocycles. The molecule has 0 unspecified atom stereocenters. The van der Waals surface area contributed by atoms with Crippen LogP contribution >= 0.6 is 0 Å². The normalized spacial score (nSPS) is 13.2. The van der Waals surface area contributed by atoms with Gasteiger partial charge in [-0.3, -0.25) is 0 Å². The van der Waals surface area contributed by atoms with Crippen molar-refractivity contribution in [3.05, 3.63) is 35.4 Å². The topological polar surface area (TPSA) is 57.2 Å². The lowest BCUT2D eigenvalue weighted by atomic mass is 10.1. The van der Waals surface area contributed by atoms with Crippen LogP contribution in [0.4, 0.5) is 17.8 Å². The van der Waals surface area contributed by atoms with Crippen LogP contribution in [0, 0.1) is 0 Å². The van der Waals surface area contributed by atoms with Crippen molar-refractivity contribution in [1.82, 2.24) is 15.0 Å². The summed E-state index contributed by atoms with van der Waals surface area (Å²) >= 11 is 0. The van der Waals surface area contributed by atoms with Gasteiger partial charge in [0.2, 0.25) is 17.8 Å². The van der Waals surface area contributed by atoms with E-state index >= 15 is 0 Å². The molecule has 6 nitrogen and oxygen atoms in total. The van der Waals surface area contributed by atoms with Crippen molar-refractivity contribution in [1.29, 1.82) is 0 Å². The van der Waals surface area contributed by atoms with Crippen LogP contribution in [0.2, 0.25) is 0 Å². The standard InChI is InChI=1S/C14H18N6/c1-15-12-16-13(19(2)3)18-14(17-12)20-8-10-6-4-5-7-11(10)9-20/h4-7H,8-9H2,1-3H3,(H,15,16,17,18). The summed E-state index contributed by atoms with van der Waals surface area (Å²) in [4.78, 5) is 17.4. The van der Waals surface area contributed by atoms with E-state index < -0.39 is 0 Å². The van der Waals surface area contributed by atoms with Crippen LogP contribution in [-0.4, -0.2) is 36.1 Å². The summed E-state index contributed by atoms with van der Waals surface area (Å²) < 4.78 is 0. The molecule has 0 amide bonds. The molecule has 0 saturated heterocycles. The number of aromatic nitrogens is 3. The highest BCUT2D eigenvalue weighted by Crippen LogP contribution is 2.26. The van der Waals surface area contributed by atoms with E-state index in [1.165, 1.54) is 11.1 Å². The molecule has 2 aromatic rings. The summed E-state index contributed by atoms with van der Waals surface area (Å²) in [6, 6.07) is 8.45. The zero-order chi connectivity index (χ0) is 14.1. The van der Waals surface area contributed by atoms with Gasteiger partial charge >= 0.3 is 0 Å². The van der Waals surface area contributed by atoms with Crippen LogP contribution in [0.3, 0.4) is 0 Å². The first kappa shape index (κ1) is 12.7. The lowest BCUT2D eigenvalue weighted by molar-refractivity contribution is 0.812. The second-order valence-corrected chi connectivity index (χ2v) is 5.03. The predicted octanol–water partition coefficient (Wildman–Crippen LogP) is 1.50. The number of hydrogen-bond donors (Lipinski definition) is 1. The van der Waals surface area contributed by atoms with E-state index in [2.05, 4.69) is 49.4 Å². The van der Waals surface area contributed by atoms with Gasteiger partial charge in [0.15, 0.2) is 0 Å². The van der Waals surface area contributed by atoms with Gasteiger partial charge in [-0.2, -0.15) is 15.0 Å². The average Bonchev–Trinajstić information content (AvgIpc) is 2.90. The number of benzene rings is 1. The van der Waals surface area contributed by atoms with Crippen LogP contribution in [0.1, 0.15) is 11.1 Å². The fraction of sp³-hybridized carbons (Fsp3) is 0.357. The highest BCUT2D eigenvalue weighted by Gasteiger charge is 2.22. The van der Waals surface area contributed by atoms with Gasteiger partial charge in [0, 0.05) is 34.2 Å². The van der Waals surface area contributed by atoms with E-state index in [9.17, 15) is 0 Å². The summed E-state index contributed by atoms with van der Waals surface area (Å²) in [7, 11) is 5.67. The fourth-order valence-electron chi connectivity index (χ4n) is 2.28. The van der Waals surface area contributed by atoms with E-state index in [-0.39, 0.29) is 0 Å². The molecule has 1 aliphatic rings. The smallest absolute Gasteiger partial charge is 0.232 e. The Hall–Kier alpha value is -2.37. The molecule has 0 saturated carbocycles. The highest BCUT2D eigenvalue weighted by atomic mass is 15.4. The number of rotatable bonds is 3. The van der Waals surface area contributed by atoms with Gasteiger partial charge in [0.1, 0.15) is 0 Å². The minimum absolute atomic E-state index is 0.592. The predicted molar refractivity (Wildman–Crippen MR) is 80.0 cm³/mol. The molecule has 6 heteroatoms. The zero-order valence-electron chi connectivity index (χ0n) is 12.0. The summed E-state index contributed by atoms with van der Waals surface area (Å²) in [5.74, 6) is 1.97. The van der Waals surface area contributed by atoms with E-state index in [0.29, 0.717) is 17.8 Å². The third kappa shape index (κ3) is 2.24. The molecule has 0 spiro atoms. The Kier molecular flexibility index (Phi) is 3.14. The molecule has 1 aromatic heterocycles. The molecule has 0 radical (unpaired) electrons. The Morgan fingerprint density at radius 2 is 1.70 bits per heavy atom. The second kappa shape index (κ2) is 4.96. The number of anilines is 3. The number of hydrogen-bond acceptors (Lipinski definition) is 6. The Morgan fingerprint density at radius 3 is 2.25 bits per heavy atom. The zero-order valence-corrected chi connectivity index (χ0v) is 12.0. The third-order valence-electron chi connectivity index (χ3n) is 3.36. The van der Waals surface area contributed by atoms with Gasteiger partial charge < -0.3 is 15.1 Å². The minimum atomic E-state index is 0.592. The van der Waals surface area contributed by atoms with Gasteiger partial charge in [0.05, 0.1) is 0 Å². The molecule has 104 valence electrons. The van der Waals surface area contributed by atoms with Crippen LogP contribution in [0.5, 0.6) is 0 Å². The van der Waals surface area contributed by atoms with Gasteiger partial charge in [0.25, 0.3) is 0 Å². The number of nitrogens with one attached hydrogen (secondary N) is 1. The number of nitrogens with zero attached hydrogens (tertiary/aromatic N) is 5. The van der Waals surface area contributed by atoms with Crippen LogP contribution in [0.15, 0.2) is 24.3 Å². The van der Waals surface area contributed by atoms with Gasteiger partial charge in [-0.1, -0.05) is 24.3 Å². The molecule has 20 heavy (non-hydrogen) atoms. The van der Waals surface area contributed by atoms with Crippen molar-refractivity contribution in [3.8, 4) is 0 Å². The summed E-state index contributed by atoms with van der Waals surface area (Å²) in [6.45, 7) is 1.69. The highest BCUT2D eigenvalue weighted by molar-refractivity contribution is 5.48. The van der Waals surface area contributed by atoms with Crippen LogP contribution < -0.4 is 15.1 Å². The summed E-state index contributed by atoms with van der Waals surface area (Å²) in [5.41, 5.74) is 2.68. The molecular weight excluding hydrogens is 252 g/mol. The maximum absolute atomic E-state index is 4.54. The van der Waals surface area contributed by atoms with Crippen molar-refractivity contribution in [2.75, 3.05) is 36.3 Å². The van der Waals surface area contributed by atoms with Crippen molar-refractivity contribution in [2.24, 2.45) is 0 Å². The Labute approximate surface area is 118 Å². The maximum atomic E-state index is 4.54. The van der Waals surface area contributed by atoms with Crippen molar-refractivity contribution >= 4 is 17.8 Å². The largest absolute Gasteiger partial charge is 0.357 e. The molecule has 2 heterocycles. The summed E-state index contributed by atoms with van der Waals surface area (Å²) in [6.07, 6.45) is 0. The first-order chi connectivity index (χ1) is 9.67. The third-order valence-corrected chi connectivity index (χ3v) is 3.36. The Morgan fingerprint density at radius 1 is 1.05 bits per heavy atom. The maximum Gasteiger partial charge on any atom is 0.232 e. The molecule has 0 bridgehead atoms.